The molecule has 0 spiro atoms. The van der Waals surface area contributed by atoms with Crippen LogP contribution in [0.3, 0.4) is 0 Å². The topological polar surface area (TPSA) is 55.5 Å². The van der Waals surface area contributed by atoms with Crippen LogP contribution < -0.4 is 10.5 Å². The summed E-state index contributed by atoms with van der Waals surface area (Å²) in [5, 5.41) is 9.72. The van der Waals surface area contributed by atoms with Crippen molar-refractivity contribution in [1.29, 1.82) is 0 Å². The Kier molecular flexibility index (Phi) is 3.92. The summed E-state index contributed by atoms with van der Waals surface area (Å²) in [6.45, 7) is 2.11. The van der Waals surface area contributed by atoms with Crippen molar-refractivity contribution in [2.45, 2.75) is 13.0 Å². The molecule has 1 aromatic rings. The zero-order chi connectivity index (χ0) is 10.7. The summed E-state index contributed by atoms with van der Waals surface area (Å²) in [6.07, 6.45) is -0.678. The lowest BCUT2D eigenvalue weighted by molar-refractivity contribution is 0.181. The number of hydrogen-bond donors (Lipinski definition) is 2. The van der Waals surface area contributed by atoms with E-state index in [4.69, 9.17) is 10.5 Å². The first-order valence-corrected chi connectivity index (χ1v) is 5.12. The van der Waals surface area contributed by atoms with E-state index >= 15 is 0 Å². The Bertz CT molecular complexity index is 328. The van der Waals surface area contributed by atoms with Crippen molar-refractivity contribution in [3.8, 4) is 5.75 Å². The third-order valence-corrected chi connectivity index (χ3v) is 3.04. The molecule has 78 valence electrons. The van der Waals surface area contributed by atoms with Gasteiger partial charge < -0.3 is 15.6 Å². The number of rotatable bonds is 3. The first-order chi connectivity index (χ1) is 6.61. The quantitative estimate of drug-likeness (QED) is 0.870. The van der Waals surface area contributed by atoms with Gasteiger partial charge in [-0.25, -0.2) is 0 Å². The molecular formula is C10H14BrNO2. The van der Waals surface area contributed by atoms with Gasteiger partial charge in [0, 0.05) is 16.6 Å². The normalized spacial score (nSPS) is 12.6. The average molecular weight is 260 g/mol. The van der Waals surface area contributed by atoms with Crippen molar-refractivity contribution in [1.82, 2.24) is 0 Å². The second-order valence-electron chi connectivity index (χ2n) is 3.04. The van der Waals surface area contributed by atoms with E-state index in [9.17, 15) is 5.11 Å². The number of hydrogen-bond acceptors (Lipinski definition) is 3. The van der Waals surface area contributed by atoms with E-state index in [0.717, 1.165) is 15.6 Å². The van der Waals surface area contributed by atoms with Crippen LogP contribution in [-0.2, 0) is 0 Å². The van der Waals surface area contributed by atoms with E-state index in [-0.39, 0.29) is 6.54 Å². The minimum absolute atomic E-state index is 0.188. The molecule has 0 fully saturated rings. The molecule has 0 heterocycles. The van der Waals surface area contributed by atoms with Crippen molar-refractivity contribution < 1.29 is 9.84 Å². The van der Waals surface area contributed by atoms with Crippen LogP contribution in [0.25, 0.3) is 0 Å². The van der Waals surface area contributed by atoms with Crippen LogP contribution in [0, 0.1) is 6.92 Å². The van der Waals surface area contributed by atoms with Gasteiger partial charge >= 0.3 is 0 Å². The van der Waals surface area contributed by atoms with Crippen LogP contribution in [0.4, 0.5) is 0 Å². The molecule has 3 N–H and O–H groups in total. The Balaban J connectivity index is 3.27. The van der Waals surface area contributed by atoms with E-state index < -0.39 is 6.10 Å². The predicted octanol–water partition coefficient (Wildman–Crippen LogP) is 1.76. The van der Waals surface area contributed by atoms with Crippen molar-refractivity contribution in [2.24, 2.45) is 5.73 Å². The van der Waals surface area contributed by atoms with Crippen molar-refractivity contribution in [3.63, 3.8) is 0 Å². The Morgan fingerprint density at radius 1 is 1.57 bits per heavy atom. The molecule has 0 amide bonds. The van der Waals surface area contributed by atoms with Gasteiger partial charge in [-0.2, -0.15) is 0 Å². The highest BCUT2D eigenvalue weighted by atomic mass is 79.9. The van der Waals surface area contributed by atoms with Crippen molar-refractivity contribution in [3.05, 3.63) is 27.7 Å². The molecule has 0 aliphatic carbocycles. The van der Waals surface area contributed by atoms with Crippen molar-refractivity contribution >= 4 is 15.9 Å². The number of methoxy groups -OCH3 is 1. The summed E-state index contributed by atoms with van der Waals surface area (Å²) in [6, 6.07) is 3.70. The third kappa shape index (κ3) is 2.08. The summed E-state index contributed by atoms with van der Waals surface area (Å²) in [5.74, 6) is 0.670. The lowest BCUT2D eigenvalue weighted by Crippen LogP contribution is -2.14. The van der Waals surface area contributed by atoms with Gasteiger partial charge in [0.05, 0.1) is 13.2 Å². The number of aliphatic hydroxyl groups is 1. The molecule has 1 aromatic carbocycles. The minimum Gasteiger partial charge on any atom is -0.496 e. The van der Waals surface area contributed by atoms with E-state index in [2.05, 4.69) is 15.9 Å². The highest BCUT2D eigenvalue weighted by Crippen LogP contribution is 2.32. The molecule has 0 aromatic heterocycles. The smallest absolute Gasteiger partial charge is 0.125 e. The molecule has 0 radical (unpaired) electrons. The number of halogens is 1. The molecule has 1 rings (SSSR count). The fourth-order valence-corrected chi connectivity index (χ4v) is 1.73. The van der Waals surface area contributed by atoms with Crippen molar-refractivity contribution in [2.75, 3.05) is 13.7 Å². The van der Waals surface area contributed by atoms with Crippen LogP contribution in [-0.4, -0.2) is 18.8 Å². The molecule has 0 aliphatic rings. The van der Waals surface area contributed by atoms with E-state index in [1.165, 1.54) is 0 Å². The Morgan fingerprint density at radius 2 is 2.21 bits per heavy atom. The number of aliphatic hydroxyl groups excluding tert-OH is 1. The average Bonchev–Trinajstić information content (AvgIpc) is 2.20. The maximum atomic E-state index is 9.72. The summed E-state index contributed by atoms with van der Waals surface area (Å²) in [7, 11) is 1.58. The van der Waals surface area contributed by atoms with E-state index in [0.29, 0.717) is 5.75 Å². The summed E-state index contributed by atoms with van der Waals surface area (Å²) in [5.41, 5.74) is 7.14. The van der Waals surface area contributed by atoms with Crippen LogP contribution in [0.15, 0.2) is 16.6 Å². The lowest BCUT2D eigenvalue weighted by Gasteiger charge is -2.16. The molecule has 1 atom stereocenters. The standard InChI is InChI=1S/C10H14BrNO2/c1-6-7(11)3-4-9(14-2)10(6)8(13)5-12/h3-4,8,13H,5,12H2,1-2H3. The summed E-state index contributed by atoms with van der Waals surface area (Å²) < 4.78 is 6.11. The van der Waals surface area contributed by atoms with Crippen LogP contribution in [0.1, 0.15) is 17.2 Å². The SMILES string of the molecule is COc1ccc(Br)c(C)c1C(O)CN. The fourth-order valence-electron chi connectivity index (χ4n) is 1.39. The van der Waals surface area contributed by atoms with E-state index in [1.807, 2.05) is 19.1 Å². The second-order valence-corrected chi connectivity index (χ2v) is 3.89. The number of nitrogens with two attached hydrogens (primary N) is 1. The monoisotopic (exact) mass is 259 g/mol. The van der Waals surface area contributed by atoms with Gasteiger partial charge in [0.15, 0.2) is 0 Å². The van der Waals surface area contributed by atoms with E-state index in [1.54, 1.807) is 7.11 Å². The zero-order valence-corrected chi connectivity index (χ0v) is 9.84. The molecule has 0 aliphatic heterocycles. The van der Waals surface area contributed by atoms with Gasteiger partial charge in [-0.05, 0) is 24.6 Å². The maximum Gasteiger partial charge on any atom is 0.125 e. The molecular weight excluding hydrogens is 246 g/mol. The van der Waals surface area contributed by atoms with Gasteiger partial charge in [-0.3, -0.25) is 0 Å². The maximum absolute atomic E-state index is 9.72. The van der Waals surface area contributed by atoms with Gasteiger partial charge in [-0.15, -0.1) is 0 Å². The zero-order valence-electron chi connectivity index (χ0n) is 8.25. The first kappa shape index (κ1) is 11.5. The molecule has 0 saturated carbocycles. The second kappa shape index (κ2) is 4.77. The number of ether oxygens (including phenoxy) is 1. The summed E-state index contributed by atoms with van der Waals surface area (Å²) >= 11 is 3.40. The Morgan fingerprint density at radius 3 is 2.71 bits per heavy atom. The first-order valence-electron chi connectivity index (χ1n) is 4.33. The fraction of sp³-hybridized carbons (Fsp3) is 0.400. The van der Waals surface area contributed by atoms with Crippen LogP contribution in [0.2, 0.25) is 0 Å². The molecule has 1 unspecified atom stereocenters. The Labute approximate surface area is 92.0 Å². The highest BCUT2D eigenvalue weighted by molar-refractivity contribution is 9.10. The molecule has 3 nitrogen and oxygen atoms in total. The largest absolute Gasteiger partial charge is 0.496 e. The Hall–Kier alpha value is -0.580. The minimum atomic E-state index is -0.678. The summed E-state index contributed by atoms with van der Waals surface area (Å²) in [4.78, 5) is 0. The highest BCUT2D eigenvalue weighted by Gasteiger charge is 2.16. The van der Waals surface area contributed by atoms with Crippen LogP contribution in [0.5, 0.6) is 5.75 Å². The molecule has 4 heteroatoms. The molecule has 0 bridgehead atoms. The number of benzene rings is 1. The van der Waals surface area contributed by atoms with Gasteiger partial charge in [0.1, 0.15) is 5.75 Å². The third-order valence-electron chi connectivity index (χ3n) is 2.19. The van der Waals surface area contributed by atoms with Crippen LogP contribution >= 0.6 is 15.9 Å². The molecule has 14 heavy (non-hydrogen) atoms. The van der Waals surface area contributed by atoms with Gasteiger partial charge in [0.25, 0.3) is 0 Å². The van der Waals surface area contributed by atoms with Gasteiger partial charge in [-0.1, -0.05) is 15.9 Å². The molecule has 0 saturated heterocycles. The van der Waals surface area contributed by atoms with Gasteiger partial charge in [0.2, 0.25) is 0 Å². The lowest BCUT2D eigenvalue weighted by atomic mass is 10.0. The predicted molar refractivity (Wildman–Crippen MR) is 59.4 cm³/mol.